The van der Waals surface area contributed by atoms with Crippen LogP contribution in [0.2, 0.25) is 0 Å². The highest BCUT2D eigenvalue weighted by atomic mass is 31.1. The molecule has 0 radical (unpaired) electrons. The number of hydrogen-bond acceptors (Lipinski definition) is 4. The molecule has 8 heteroatoms. The number of carboxylic acid groups (broad SMARTS) is 1. The van der Waals surface area contributed by atoms with Crippen molar-refractivity contribution in [2.24, 2.45) is 7.05 Å². The third kappa shape index (κ3) is 2.87. The smallest absolute Gasteiger partial charge is 0.307 e. The van der Waals surface area contributed by atoms with Gasteiger partial charge in [0.25, 0.3) is 0 Å². The molecule has 0 spiro atoms. The van der Waals surface area contributed by atoms with Gasteiger partial charge in [-0.15, -0.1) is 0 Å². The van der Waals surface area contributed by atoms with Gasteiger partial charge in [0.2, 0.25) is 0 Å². The first-order valence-electron chi connectivity index (χ1n) is 5.05. The Bertz CT molecular complexity index is 587. The van der Waals surface area contributed by atoms with Crippen molar-refractivity contribution in [2.45, 2.75) is 0 Å². The summed E-state index contributed by atoms with van der Waals surface area (Å²) in [7, 11) is 1.64. The van der Waals surface area contributed by atoms with Crippen LogP contribution in [0.5, 0.6) is 0 Å². The lowest BCUT2D eigenvalue weighted by atomic mass is 10.3. The van der Waals surface area contributed by atoms with Crippen LogP contribution >= 0.6 is 8.58 Å². The Hall–Kier alpha value is -1.88. The molecule has 0 aliphatic heterocycles. The Balaban J connectivity index is 2.26. The number of aliphatic carboxylic acids is 1. The average molecular weight is 268 g/mol. The monoisotopic (exact) mass is 268 g/mol. The van der Waals surface area contributed by atoms with Crippen molar-refractivity contribution in [2.75, 3.05) is 6.16 Å². The van der Waals surface area contributed by atoms with Crippen LogP contribution in [-0.4, -0.2) is 37.0 Å². The van der Waals surface area contributed by atoms with E-state index in [1.54, 1.807) is 7.05 Å². The van der Waals surface area contributed by atoms with Gasteiger partial charge in [-0.25, -0.2) is 14.1 Å². The molecule has 0 aliphatic rings. The zero-order chi connectivity index (χ0) is 13.1. The van der Waals surface area contributed by atoms with Gasteiger partial charge in [-0.1, -0.05) is 0 Å². The molecular weight excluding hydrogens is 258 g/mol. The molecule has 1 unspecified atom stereocenters. The summed E-state index contributed by atoms with van der Waals surface area (Å²) in [5.41, 5.74) is 0.803. The molecule has 0 aliphatic carbocycles. The van der Waals surface area contributed by atoms with E-state index in [4.69, 9.17) is 5.11 Å². The quantitative estimate of drug-likeness (QED) is 0.812. The molecule has 0 amide bonds. The highest BCUT2D eigenvalue weighted by Gasteiger charge is 2.12. The van der Waals surface area contributed by atoms with E-state index in [0.29, 0.717) is 17.1 Å². The van der Waals surface area contributed by atoms with Gasteiger partial charge >= 0.3 is 5.97 Å². The second-order valence-electron chi connectivity index (χ2n) is 3.49. The molecule has 2 aromatic heterocycles. The van der Waals surface area contributed by atoms with E-state index in [1.807, 2.05) is 0 Å². The Morgan fingerprint density at radius 3 is 3.06 bits per heavy atom. The highest BCUT2D eigenvalue weighted by Crippen LogP contribution is 2.15. The molecule has 2 aromatic rings. The first kappa shape index (κ1) is 12.6. The molecule has 0 saturated heterocycles. The fourth-order valence-electron chi connectivity index (χ4n) is 1.36. The highest BCUT2D eigenvalue weighted by molar-refractivity contribution is 7.47. The standard InChI is InChI=1S/C10H10FN4O2P/c1-15-9(7-4-6(11)2-3-12-7)13-10(14-15)18-5-8(16)17/h2-4,18H,5H2,1H3,(H,16,17). The number of carboxylic acids is 1. The summed E-state index contributed by atoms with van der Waals surface area (Å²) in [6.45, 7) is 0. The molecule has 94 valence electrons. The molecule has 0 saturated carbocycles. The number of halogens is 1. The van der Waals surface area contributed by atoms with Crippen molar-refractivity contribution >= 4 is 20.1 Å². The van der Waals surface area contributed by atoms with Crippen molar-refractivity contribution < 1.29 is 14.3 Å². The predicted molar refractivity (Wildman–Crippen MR) is 64.6 cm³/mol. The minimum atomic E-state index is -0.897. The van der Waals surface area contributed by atoms with Crippen molar-refractivity contribution in [1.29, 1.82) is 0 Å². The molecule has 2 rings (SSSR count). The van der Waals surface area contributed by atoms with E-state index < -0.39 is 11.8 Å². The minimum absolute atomic E-state index is 0.0139. The lowest BCUT2D eigenvalue weighted by Crippen LogP contribution is -2.07. The third-order valence-corrected chi connectivity index (χ3v) is 3.12. The Morgan fingerprint density at radius 1 is 1.61 bits per heavy atom. The van der Waals surface area contributed by atoms with Crippen LogP contribution in [0, 0.1) is 5.82 Å². The number of aromatic nitrogens is 4. The summed E-state index contributed by atoms with van der Waals surface area (Å²) >= 11 is 0. The summed E-state index contributed by atoms with van der Waals surface area (Å²) in [5, 5.41) is 12.7. The number of rotatable bonds is 4. The second-order valence-corrected chi connectivity index (χ2v) is 4.64. The number of nitrogens with zero attached hydrogens (tertiary/aromatic N) is 4. The van der Waals surface area contributed by atoms with Gasteiger partial charge in [0.15, 0.2) is 11.4 Å². The molecule has 0 bridgehead atoms. The van der Waals surface area contributed by atoms with E-state index >= 15 is 0 Å². The van der Waals surface area contributed by atoms with Crippen LogP contribution in [0.1, 0.15) is 0 Å². The SMILES string of the molecule is Cn1nc(PCC(=O)O)nc1-c1cc(F)ccn1. The summed E-state index contributed by atoms with van der Waals surface area (Å²) < 4.78 is 14.5. The summed E-state index contributed by atoms with van der Waals surface area (Å²) in [4.78, 5) is 18.6. The normalized spacial score (nSPS) is 11.2. The van der Waals surface area contributed by atoms with Gasteiger partial charge in [-0.05, 0) is 14.6 Å². The van der Waals surface area contributed by atoms with Gasteiger partial charge in [-0.3, -0.25) is 9.78 Å². The van der Waals surface area contributed by atoms with E-state index in [1.165, 1.54) is 23.0 Å². The van der Waals surface area contributed by atoms with E-state index in [2.05, 4.69) is 15.1 Å². The van der Waals surface area contributed by atoms with Crippen molar-refractivity contribution in [1.82, 2.24) is 19.7 Å². The van der Waals surface area contributed by atoms with Crippen LogP contribution in [0.25, 0.3) is 11.5 Å². The van der Waals surface area contributed by atoms with Gasteiger partial charge in [0.05, 0.1) is 6.16 Å². The van der Waals surface area contributed by atoms with Gasteiger partial charge in [0, 0.05) is 19.3 Å². The lowest BCUT2D eigenvalue weighted by molar-refractivity contribution is -0.133. The van der Waals surface area contributed by atoms with Gasteiger partial charge < -0.3 is 5.11 Å². The number of carbonyl (C=O) groups is 1. The lowest BCUT2D eigenvalue weighted by Gasteiger charge is -1.97. The van der Waals surface area contributed by atoms with Gasteiger partial charge in [-0.2, -0.15) is 5.10 Å². The van der Waals surface area contributed by atoms with Crippen molar-refractivity contribution in [3.05, 3.63) is 24.1 Å². The Morgan fingerprint density at radius 2 is 2.39 bits per heavy atom. The summed E-state index contributed by atoms with van der Waals surface area (Å²) in [6, 6.07) is 2.50. The van der Waals surface area contributed by atoms with Crippen molar-refractivity contribution in [3.63, 3.8) is 0 Å². The van der Waals surface area contributed by atoms with Crippen LogP contribution in [0.3, 0.4) is 0 Å². The van der Waals surface area contributed by atoms with Gasteiger partial charge in [0.1, 0.15) is 11.5 Å². The van der Waals surface area contributed by atoms with Crippen LogP contribution in [0.15, 0.2) is 18.3 Å². The molecule has 18 heavy (non-hydrogen) atoms. The molecule has 1 atom stereocenters. The zero-order valence-electron chi connectivity index (χ0n) is 9.46. The fourth-order valence-corrected chi connectivity index (χ4v) is 2.08. The molecule has 0 aromatic carbocycles. The number of hydrogen-bond donors (Lipinski definition) is 1. The Labute approximate surface area is 104 Å². The first-order chi connectivity index (χ1) is 8.56. The maximum absolute atomic E-state index is 13.1. The zero-order valence-corrected chi connectivity index (χ0v) is 10.5. The third-order valence-electron chi connectivity index (χ3n) is 2.11. The van der Waals surface area contributed by atoms with Crippen LogP contribution < -0.4 is 5.57 Å². The molecular formula is C10H10FN4O2P. The largest absolute Gasteiger partial charge is 0.481 e. The molecule has 2 heterocycles. The minimum Gasteiger partial charge on any atom is -0.481 e. The molecule has 6 nitrogen and oxygen atoms in total. The Kier molecular flexibility index (Phi) is 3.62. The second kappa shape index (κ2) is 5.18. The summed E-state index contributed by atoms with van der Waals surface area (Å²) in [6.07, 6.45) is 1.33. The fraction of sp³-hybridized carbons (Fsp3) is 0.200. The van der Waals surface area contributed by atoms with Crippen LogP contribution in [-0.2, 0) is 11.8 Å². The first-order valence-corrected chi connectivity index (χ1v) is 6.25. The molecule has 1 N–H and O–H groups in total. The van der Waals surface area contributed by atoms with Crippen molar-refractivity contribution in [3.8, 4) is 11.5 Å². The maximum Gasteiger partial charge on any atom is 0.307 e. The number of aryl methyl sites for hydroxylation is 1. The topological polar surface area (TPSA) is 80.9 Å². The van der Waals surface area contributed by atoms with E-state index in [0.717, 1.165) is 0 Å². The number of pyridine rings is 1. The average Bonchev–Trinajstić information content (AvgIpc) is 2.68. The predicted octanol–water partition coefficient (Wildman–Crippen LogP) is 0.405. The maximum atomic E-state index is 13.1. The summed E-state index contributed by atoms with van der Waals surface area (Å²) in [5.74, 6) is -0.883. The van der Waals surface area contributed by atoms with E-state index in [-0.39, 0.29) is 14.7 Å². The molecule has 0 fully saturated rings. The van der Waals surface area contributed by atoms with E-state index in [9.17, 15) is 9.18 Å². The van der Waals surface area contributed by atoms with Crippen LogP contribution in [0.4, 0.5) is 4.39 Å².